The number of carboxylic acids is 1. The second-order valence-corrected chi connectivity index (χ2v) is 5.41. The van der Waals surface area contributed by atoms with E-state index in [1.807, 2.05) is 0 Å². The summed E-state index contributed by atoms with van der Waals surface area (Å²) in [6, 6.07) is 0.108. The van der Waals surface area contributed by atoms with Crippen molar-refractivity contribution in [3.63, 3.8) is 0 Å². The van der Waals surface area contributed by atoms with Crippen molar-refractivity contribution in [3.05, 3.63) is 0 Å². The highest BCUT2D eigenvalue weighted by Crippen LogP contribution is 2.20. The molecule has 0 radical (unpaired) electrons. The van der Waals surface area contributed by atoms with Crippen molar-refractivity contribution in [1.82, 2.24) is 4.90 Å². The third kappa shape index (κ3) is 4.45. The van der Waals surface area contributed by atoms with Crippen LogP contribution in [-0.4, -0.2) is 60.4 Å². The average molecular weight is 285 g/mol. The smallest absolute Gasteiger partial charge is 0.305 e. The van der Waals surface area contributed by atoms with Gasteiger partial charge in [-0.15, -0.1) is 0 Å². The Morgan fingerprint density at radius 1 is 1.15 bits per heavy atom. The highest BCUT2D eigenvalue weighted by Gasteiger charge is 2.29. The van der Waals surface area contributed by atoms with Crippen LogP contribution in [0.4, 0.5) is 0 Å². The first kappa shape index (κ1) is 15.3. The van der Waals surface area contributed by atoms with Gasteiger partial charge < -0.3 is 19.5 Å². The molecule has 0 aromatic carbocycles. The molecular weight excluding hydrogens is 262 g/mol. The molecule has 0 saturated carbocycles. The van der Waals surface area contributed by atoms with Gasteiger partial charge in [0.2, 0.25) is 5.91 Å². The number of nitrogens with zero attached hydrogens (tertiary/aromatic N) is 1. The van der Waals surface area contributed by atoms with E-state index in [-0.39, 0.29) is 31.0 Å². The van der Waals surface area contributed by atoms with Crippen LogP contribution in [0.3, 0.4) is 0 Å². The number of hydrogen-bond acceptors (Lipinski definition) is 4. The number of ether oxygens (including phenoxy) is 2. The van der Waals surface area contributed by atoms with Crippen molar-refractivity contribution in [1.29, 1.82) is 0 Å². The van der Waals surface area contributed by atoms with E-state index in [9.17, 15) is 9.59 Å². The Kier molecular flexibility index (Phi) is 5.79. The molecule has 1 amide bonds. The number of rotatable bonds is 6. The van der Waals surface area contributed by atoms with Crippen molar-refractivity contribution in [2.24, 2.45) is 0 Å². The van der Waals surface area contributed by atoms with Gasteiger partial charge in [0.25, 0.3) is 0 Å². The van der Waals surface area contributed by atoms with Crippen LogP contribution in [0.5, 0.6) is 0 Å². The predicted octanol–water partition coefficient (Wildman–Crippen LogP) is 1.04. The zero-order valence-corrected chi connectivity index (χ0v) is 11.8. The zero-order chi connectivity index (χ0) is 14.4. The SMILES string of the molecule is O=C(O)CCN(C(=O)CC1CCCO1)C1CCOCC1. The summed E-state index contributed by atoms with van der Waals surface area (Å²) >= 11 is 0. The van der Waals surface area contributed by atoms with Gasteiger partial charge in [-0.05, 0) is 25.7 Å². The third-order valence-corrected chi connectivity index (χ3v) is 3.94. The van der Waals surface area contributed by atoms with Crippen LogP contribution in [0.2, 0.25) is 0 Å². The molecule has 2 heterocycles. The fourth-order valence-electron chi connectivity index (χ4n) is 2.84. The topological polar surface area (TPSA) is 76.1 Å². The number of carbonyl (C=O) groups is 2. The fraction of sp³-hybridized carbons (Fsp3) is 0.857. The highest BCUT2D eigenvalue weighted by atomic mass is 16.5. The van der Waals surface area contributed by atoms with Gasteiger partial charge in [0.1, 0.15) is 0 Å². The van der Waals surface area contributed by atoms with Crippen LogP contribution in [0, 0.1) is 0 Å². The first-order valence-electron chi connectivity index (χ1n) is 7.37. The maximum Gasteiger partial charge on any atom is 0.305 e. The van der Waals surface area contributed by atoms with E-state index in [2.05, 4.69) is 0 Å². The standard InChI is InChI=1S/C14H23NO5/c16-13(10-12-2-1-7-20-12)15(6-3-14(17)18)11-4-8-19-9-5-11/h11-12H,1-10H2,(H,17,18). The Labute approximate surface area is 119 Å². The monoisotopic (exact) mass is 285 g/mol. The summed E-state index contributed by atoms with van der Waals surface area (Å²) in [6.07, 6.45) is 3.88. The second-order valence-electron chi connectivity index (χ2n) is 5.41. The Bertz CT molecular complexity index is 334. The maximum atomic E-state index is 12.4. The summed E-state index contributed by atoms with van der Waals surface area (Å²) in [5.74, 6) is -0.850. The van der Waals surface area contributed by atoms with Gasteiger partial charge in [0, 0.05) is 32.4 Å². The van der Waals surface area contributed by atoms with Crippen LogP contribution in [0.1, 0.15) is 38.5 Å². The third-order valence-electron chi connectivity index (χ3n) is 3.94. The molecule has 1 N–H and O–H groups in total. The number of aliphatic carboxylic acids is 1. The minimum Gasteiger partial charge on any atom is -0.481 e. The molecule has 0 bridgehead atoms. The number of carboxylic acid groups (broad SMARTS) is 1. The summed E-state index contributed by atoms with van der Waals surface area (Å²) in [6.45, 7) is 2.29. The van der Waals surface area contributed by atoms with E-state index in [1.165, 1.54) is 0 Å². The van der Waals surface area contributed by atoms with Crippen LogP contribution in [0.25, 0.3) is 0 Å². The molecule has 2 saturated heterocycles. The molecule has 2 fully saturated rings. The quantitative estimate of drug-likeness (QED) is 0.789. The zero-order valence-electron chi connectivity index (χ0n) is 11.8. The van der Waals surface area contributed by atoms with Gasteiger partial charge in [0.15, 0.2) is 0 Å². The Balaban J connectivity index is 1.91. The molecule has 1 unspecified atom stereocenters. The lowest BCUT2D eigenvalue weighted by Gasteiger charge is -2.34. The van der Waals surface area contributed by atoms with Crippen LogP contribution >= 0.6 is 0 Å². The van der Waals surface area contributed by atoms with Crippen molar-refractivity contribution < 1.29 is 24.2 Å². The van der Waals surface area contributed by atoms with Gasteiger partial charge in [-0.1, -0.05) is 0 Å². The highest BCUT2D eigenvalue weighted by molar-refractivity contribution is 5.78. The van der Waals surface area contributed by atoms with E-state index in [4.69, 9.17) is 14.6 Å². The van der Waals surface area contributed by atoms with E-state index in [0.717, 1.165) is 32.3 Å². The summed E-state index contributed by atoms with van der Waals surface area (Å²) in [7, 11) is 0. The molecule has 0 aromatic rings. The molecule has 0 aliphatic carbocycles. The molecule has 114 valence electrons. The molecule has 2 rings (SSSR count). The molecule has 0 spiro atoms. The van der Waals surface area contributed by atoms with Gasteiger partial charge >= 0.3 is 5.97 Å². The predicted molar refractivity (Wildman–Crippen MR) is 71.4 cm³/mol. The lowest BCUT2D eigenvalue weighted by atomic mass is 10.0. The van der Waals surface area contributed by atoms with E-state index in [0.29, 0.717) is 19.6 Å². The molecule has 6 heteroatoms. The van der Waals surface area contributed by atoms with Crippen molar-refractivity contribution in [3.8, 4) is 0 Å². The molecular formula is C14H23NO5. The molecule has 1 atom stereocenters. The Morgan fingerprint density at radius 2 is 1.90 bits per heavy atom. The van der Waals surface area contributed by atoms with Crippen LogP contribution < -0.4 is 0 Å². The van der Waals surface area contributed by atoms with Gasteiger partial charge in [-0.2, -0.15) is 0 Å². The average Bonchev–Trinajstić information content (AvgIpc) is 2.92. The number of hydrogen-bond donors (Lipinski definition) is 1. The number of amides is 1. The first-order chi connectivity index (χ1) is 9.66. The second kappa shape index (κ2) is 7.59. The summed E-state index contributed by atoms with van der Waals surface area (Å²) in [5.41, 5.74) is 0. The Morgan fingerprint density at radius 3 is 2.50 bits per heavy atom. The summed E-state index contributed by atoms with van der Waals surface area (Å²) in [5, 5.41) is 8.84. The normalized spacial score (nSPS) is 23.7. The van der Waals surface area contributed by atoms with E-state index >= 15 is 0 Å². The molecule has 20 heavy (non-hydrogen) atoms. The molecule has 2 aliphatic rings. The van der Waals surface area contributed by atoms with Gasteiger partial charge in [-0.3, -0.25) is 9.59 Å². The lowest BCUT2D eigenvalue weighted by molar-refractivity contribution is -0.141. The largest absolute Gasteiger partial charge is 0.481 e. The first-order valence-corrected chi connectivity index (χ1v) is 7.37. The minimum atomic E-state index is -0.869. The maximum absolute atomic E-state index is 12.4. The fourth-order valence-corrected chi connectivity index (χ4v) is 2.84. The summed E-state index contributed by atoms with van der Waals surface area (Å²) in [4.78, 5) is 24.9. The van der Waals surface area contributed by atoms with Crippen LogP contribution in [-0.2, 0) is 19.1 Å². The number of carbonyl (C=O) groups excluding carboxylic acids is 1. The Hall–Kier alpha value is -1.14. The van der Waals surface area contributed by atoms with Crippen molar-refractivity contribution >= 4 is 11.9 Å². The van der Waals surface area contributed by atoms with Crippen molar-refractivity contribution in [2.75, 3.05) is 26.4 Å². The van der Waals surface area contributed by atoms with Crippen LogP contribution in [0.15, 0.2) is 0 Å². The minimum absolute atomic E-state index is 0.00534. The van der Waals surface area contributed by atoms with Crippen molar-refractivity contribution in [2.45, 2.75) is 50.7 Å². The van der Waals surface area contributed by atoms with Gasteiger partial charge in [-0.25, -0.2) is 0 Å². The molecule has 6 nitrogen and oxygen atoms in total. The summed E-state index contributed by atoms with van der Waals surface area (Å²) < 4.78 is 10.8. The lowest BCUT2D eigenvalue weighted by Crippen LogP contribution is -2.45. The van der Waals surface area contributed by atoms with E-state index < -0.39 is 5.97 Å². The van der Waals surface area contributed by atoms with Gasteiger partial charge in [0.05, 0.1) is 18.9 Å². The molecule has 0 aromatic heterocycles. The molecule has 2 aliphatic heterocycles. The van der Waals surface area contributed by atoms with E-state index in [1.54, 1.807) is 4.90 Å².